The first kappa shape index (κ1) is 22.0. The lowest BCUT2D eigenvalue weighted by Crippen LogP contribution is -2.38. The summed E-state index contributed by atoms with van der Waals surface area (Å²) >= 11 is 6.51. The third kappa shape index (κ3) is 6.10. The van der Waals surface area contributed by atoms with Gasteiger partial charge in [-0.3, -0.25) is 4.79 Å². The van der Waals surface area contributed by atoms with Crippen molar-refractivity contribution in [3.05, 3.63) is 0 Å². The molecule has 4 nitrogen and oxygen atoms in total. The van der Waals surface area contributed by atoms with Crippen LogP contribution in [0.3, 0.4) is 0 Å². The molecule has 0 bridgehead atoms. The summed E-state index contributed by atoms with van der Waals surface area (Å²) in [6.07, 6.45) is 11.4. The summed E-state index contributed by atoms with van der Waals surface area (Å²) in [5, 5.41) is 29.5. The molecule has 26 heavy (non-hydrogen) atoms. The van der Waals surface area contributed by atoms with E-state index >= 15 is 0 Å². The molecule has 0 amide bonds. The third-order valence-electron chi connectivity index (χ3n) is 6.97. The van der Waals surface area contributed by atoms with Gasteiger partial charge in [0.25, 0.3) is 0 Å². The summed E-state index contributed by atoms with van der Waals surface area (Å²) in [5.74, 6) is -0.122. The van der Waals surface area contributed by atoms with Gasteiger partial charge in [0.1, 0.15) is 0 Å². The molecule has 5 atom stereocenters. The van der Waals surface area contributed by atoms with Gasteiger partial charge in [0.05, 0.1) is 12.2 Å². The van der Waals surface area contributed by atoms with Gasteiger partial charge >= 0.3 is 5.97 Å². The third-order valence-corrected chi connectivity index (χ3v) is 7.47. The predicted molar refractivity (Wildman–Crippen MR) is 104 cm³/mol. The summed E-state index contributed by atoms with van der Waals surface area (Å²) in [6.45, 7) is 2.19. The van der Waals surface area contributed by atoms with Crippen molar-refractivity contribution in [1.82, 2.24) is 0 Å². The van der Waals surface area contributed by atoms with Crippen LogP contribution in [0.25, 0.3) is 0 Å². The van der Waals surface area contributed by atoms with Crippen molar-refractivity contribution in [3.8, 4) is 0 Å². The first-order valence-corrected chi connectivity index (χ1v) is 11.0. The number of carboxylic acid groups (broad SMARTS) is 1. The van der Waals surface area contributed by atoms with Gasteiger partial charge in [-0.2, -0.15) is 0 Å². The Hall–Kier alpha value is -0.320. The SMILES string of the molecule is CC1(C(O)CCC[C@H]2C(O)CC(Cl)[C@@H]2CCCCCCC(=O)O)CCC1. The Morgan fingerprint density at radius 3 is 2.38 bits per heavy atom. The van der Waals surface area contributed by atoms with Crippen LogP contribution in [-0.2, 0) is 4.79 Å². The Morgan fingerprint density at radius 1 is 1.12 bits per heavy atom. The number of aliphatic carboxylic acids is 1. The molecule has 2 aliphatic carbocycles. The molecule has 3 unspecified atom stereocenters. The van der Waals surface area contributed by atoms with Gasteiger partial charge in [-0.15, -0.1) is 11.6 Å². The number of aliphatic hydroxyl groups is 2. The monoisotopic (exact) mass is 388 g/mol. The number of aliphatic hydroxyl groups excluding tert-OH is 2. The summed E-state index contributed by atoms with van der Waals surface area (Å²) < 4.78 is 0. The predicted octanol–water partition coefficient (Wildman–Crippen LogP) is 4.74. The second kappa shape index (κ2) is 10.3. The molecule has 0 heterocycles. The second-order valence-corrected chi connectivity index (χ2v) is 9.51. The first-order valence-electron chi connectivity index (χ1n) is 10.6. The lowest BCUT2D eigenvalue weighted by Gasteiger charge is -2.42. The number of carbonyl (C=O) groups is 1. The topological polar surface area (TPSA) is 77.8 Å². The number of alkyl halides is 1. The summed E-state index contributed by atoms with van der Waals surface area (Å²) in [6, 6.07) is 0. The van der Waals surface area contributed by atoms with Gasteiger partial charge in [0.15, 0.2) is 0 Å². The molecule has 0 aromatic carbocycles. The quantitative estimate of drug-likeness (QED) is 0.333. The zero-order valence-electron chi connectivity index (χ0n) is 16.2. The van der Waals surface area contributed by atoms with Crippen LogP contribution in [0.2, 0.25) is 0 Å². The summed E-state index contributed by atoms with van der Waals surface area (Å²) in [7, 11) is 0. The van der Waals surface area contributed by atoms with Gasteiger partial charge in [0, 0.05) is 11.8 Å². The van der Waals surface area contributed by atoms with Crippen LogP contribution >= 0.6 is 11.6 Å². The minimum absolute atomic E-state index is 0.0445. The highest BCUT2D eigenvalue weighted by Gasteiger charge is 2.41. The molecule has 0 radical (unpaired) electrons. The maximum atomic E-state index is 10.5. The van der Waals surface area contributed by atoms with Crippen molar-refractivity contribution in [2.45, 2.75) is 108 Å². The molecule has 5 heteroatoms. The number of unbranched alkanes of at least 4 members (excludes halogenated alkanes) is 3. The number of rotatable bonds is 12. The van der Waals surface area contributed by atoms with Crippen LogP contribution in [0.1, 0.15) is 90.4 Å². The number of hydrogen-bond acceptors (Lipinski definition) is 3. The Kier molecular flexibility index (Phi) is 8.69. The molecule has 0 aromatic heterocycles. The van der Waals surface area contributed by atoms with Gasteiger partial charge in [-0.25, -0.2) is 0 Å². The van der Waals surface area contributed by atoms with E-state index in [1.807, 2.05) is 0 Å². The van der Waals surface area contributed by atoms with Crippen LogP contribution < -0.4 is 0 Å². The highest BCUT2D eigenvalue weighted by Crippen LogP contribution is 2.46. The minimum Gasteiger partial charge on any atom is -0.481 e. The fourth-order valence-corrected chi connectivity index (χ4v) is 5.40. The van der Waals surface area contributed by atoms with Crippen molar-refractivity contribution in [2.24, 2.45) is 17.3 Å². The smallest absolute Gasteiger partial charge is 0.303 e. The van der Waals surface area contributed by atoms with E-state index in [2.05, 4.69) is 6.92 Å². The fourth-order valence-electron chi connectivity index (χ4n) is 4.91. The Balaban J connectivity index is 1.68. The van der Waals surface area contributed by atoms with Crippen molar-refractivity contribution < 1.29 is 20.1 Å². The number of halogens is 1. The largest absolute Gasteiger partial charge is 0.481 e. The summed E-state index contributed by atoms with van der Waals surface area (Å²) in [4.78, 5) is 10.5. The van der Waals surface area contributed by atoms with Crippen LogP contribution in [0.5, 0.6) is 0 Å². The van der Waals surface area contributed by atoms with Crippen LogP contribution in [-0.4, -0.2) is 38.9 Å². The molecule has 0 aliphatic heterocycles. The average Bonchev–Trinajstić information content (AvgIpc) is 2.81. The van der Waals surface area contributed by atoms with Crippen molar-refractivity contribution in [3.63, 3.8) is 0 Å². The molecule has 3 N–H and O–H groups in total. The van der Waals surface area contributed by atoms with Gasteiger partial charge < -0.3 is 15.3 Å². The Bertz CT molecular complexity index is 438. The molecule has 152 valence electrons. The summed E-state index contributed by atoms with van der Waals surface area (Å²) in [5.41, 5.74) is 0.124. The molecule has 0 aromatic rings. The highest BCUT2D eigenvalue weighted by molar-refractivity contribution is 6.21. The van der Waals surface area contributed by atoms with E-state index in [9.17, 15) is 15.0 Å². The first-order chi connectivity index (χ1) is 12.3. The average molecular weight is 389 g/mol. The molecular weight excluding hydrogens is 352 g/mol. The highest BCUT2D eigenvalue weighted by atomic mass is 35.5. The number of hydrogen-bond donors (Lipinski definition) is 3. The Labute approximate surface area is 163 Å². The molecule has 2 saturated carbocycles. The van der Waals surface area contributed by atoms with E-state index in [-0.39, 0.29) is 35.3 Å². The minimum atomic E-state index is -0.720. The second-order valence-electron chi connectivity index (χ2n) is 8.95. The lowest BCUT2D eigenvalue weighted by molar-refractivity contribution is -0.137. The van der Waals surface area contributed by atoms with Crippen LogP contribution in [0.4, 0.5) is 0 Å². The van der Waals surface area contributed by atoms with E-state index < -0.39 is 5.97 Å². The molecule has 2 rings (SSSR count). The van der Waals surface area contributed by atoms with E-state index in [1.165, 1.54) is 6.42 Å². The Morgan fingerprint density at radius 2 is 1.77 bits per heavy atom. The molecular formula is C21H37ClO4. The zero-order chi connectivity index (χ0) is 19.2. The van der Waals surface area contributed by atoms with Crippen molar-refractivity contribution in [1.29, 1.82) is 0 Å². The van der Waals surface area contributed by atoms with Crippen molar-refractivity contribution >= 4 is 17.6 Å². The molecule has 0 saturated heterocycles. The zero-order valence-corrected chi connectivity index (χ0v) is 17.0. The van der Waals surface area contributed by atoms with E-state index in [4.69, 9.17) is 16.7 Å². The van der Waals surface area contributed by atoms with Gasteiger partial charge in [-0.1, -0.05) is 39.0 Å². The molecule has 0 spiro atoms. The van der Waals surface area contributed by atoms with E-state index in [1.54, 1.807) is 0 Å². The number of carboxylic acids is 1. The maximum absolute atomic E-state index is 10.5. The normalized spacial score (nSPS) is 31.5. The maximum Gasteiger partial charge on any atom is 0.303 e. The van der Waals surface area contributed by atoms with Crippen molar-refractivity contribution in [2.75, 3.05) is 0 Å². The van der Waals surface area contributed by atoms with Gasteiger partial charge in [-0.05, 0) is 62.2 Å². The van der Waals surface area contributed by atoms with E-state index in [0.29, 0.717) is 12.3 Å². The van der Waals surface area contributed by atoms with E-state index in [0.717, 1.165) is 64.2 Å². The fraction of sp³-hybridized carbons (Fsp3) is 0.952. The molecule has 2 fully saturated rings. The van der Waals surface area contributed by atoms with Crippen LogP contribution in [0, 0.1) is 17.3 Å². The van der Waals surface area contributed by atoms with Gasteiger partial charge in [0.2, 0.25) is 0 Å². The van der Waals surface area contributed by atoms with Crippen LogP contribution in [0.15, 0.2) is 0 Å². The lowest BCUT2D eigenvalue weighted by atomic mass is 9.65. The standard InChI is InChI=1S/C21H37ClO4/c1-21(12-7-13-21)19(24)10-6-9-16-15(17(22)14-18(16)23)8-4-2-3-5-11-20(25)26/h15-19,23-24H,2-14H2,1H3,(H,25,26)/t15-,16-,17?,18?,19?/m1/s1. The molecule has 2 aliphatic rings.